The van der Waals surface area contributed by atoms with Gasteiger partial charge in [0.15, 0.2) is 0 Å². The van der Waals surface area contributed by atoms with Crippen molar-refractivity contribution in [2.24, 2.45) is 0 Å². The second-order valence-corrected chi connectivity index (χ2v) is 3.58. The summed E-state index contributed by atoms with van der Waals surface area (Å²) in [4.78, 5) is 25.4. The second-order valence-electron chi connectivity index (χ2n) is 3.58. The summed E-state index contributed by atoms with van der Waals surface area (Å²) in [5, 5.41) is 2.78. The Bertz CT molecular complexity index is 384. The number of aromatic nitrogens is 1. The van der Waals surface area contributed by atoms with Gasteiger partial charge in [-0.05, 0) is 25.5 Å². The molecule has 4 heteroatoms. The molecule has 1 unspecified atom stereocenters. The van der Waals surface area contributed by atoms with Crippen molar-refractivity contribution < 1.29 is 4.79 Å². The fourth-order valence-electron chi connectivity index (χ4n) is 1.41. The second kappa shape index (κ2) is 5.34. The summed E-state index contributed by atoms with van der Waals surface area (Å²) in [6.45, 7) is 3.98. The zero-order valence-electron chi connectivity index (χ0n) is 9.04. The number of carbonyl (C=O) groups excluding carboxylic acids is 1. The highest BCUT2D eigenvalue weighted by atomic mass is 16.2. The number of pyridine rings is 1. The molecule has 0 aromatic carbocycles. The lowest BCUT2D eigenvalue weighted by molar-refractivity contribution is 0.0937. The Balaban J connectivity index is 2.70. The van der Waals surface area contributed by atoms with Gasteiger partial charge in [-0.25, -0.2) is 0 Å². The van der Waals surface area contributed by atoms with Crippen LogP contribution in [0.1, 0.15) is 37.0 Å². The molecule has 0 fully saturated rings. The molecule has 0 radical (unpaired) electrons. The van der Waals surface area contributed by atoms with Crippen LogP contribution in [0.2, 0.25) is 0 Å². The van der Waals surface area contributed by atoms with E-state index in [-0.39, 0.29) is 23.1 Å². The van der Waals surface area contributed by atoms with E-state index < -0.39 is 0 Å². The number of aromatic amines is 1. The standard InChI is InChI=1S/C11H16N2O2/c1-3-5-8(2)13-11(15)9-6-4-7-12-10(9)14/h4,6-8H,3,5H2,1-2H3,(H,12,14)(H,13,15). The average Bonchev–Trinajstić information content (AvgIpc) is 2.18. The van der Waals surface area contributed by atoms with Gasteiger partial charge in [-0.1, -0.05) is 13.3 Å². The molecule has 1 aromatic rings. The molecule has 2 N–H and O–H groups in total. The summed E-state index contributed by atoms with van der Waals surface area (Å²) >= 11 is 0. The summed E-state index contributed by atoms with van der Waals surface area (Å²) in [5.41, 5.74) is -0.181. The van der Waals surface area contributed by atoms with Crippen LogP contribution in [0.25, 0.3) is 0 Å². The van der Waals surface area contributed by atoms with Gasteiger partial charge in [0.2, 0.25) is 0 Å². The molecular formula is C11H16N2O2. The van der Waals surface area contributed by atoms with Gasteiger partial charge in [0.1, 0.15) is 5.56 Å². The van der Waals surface area contributed by atoms with E-state index in [4.69, 9.17) is 0 Å². The highest BCUT2D eigenvalue weighted by molar-refractivity contribution is 5.93. The van der Waals surface area contributed by atoms with Crippen LogP contribution in [0.15, 0.2) is 23.1 Å². The van der Waals surface area contributed by atoms with Crippen LogP contribution in [-0.4, -0.2) is 16.9 Å². The zero-order valence-corrected chi connectivity index (χ0v) is 9.04. The molecule has 0 spiro atoms. The summed E-state index contributed by atoms with van der Waals surface area (Å²) in [6, 6.07) is 3.26. The van der Waals surface area contributed by atoms with Crippen molar-refractivity contribution >= 4 is 5.91 Å². The monoisotopic (exact) mass is 208 g/mol. The van der Waals surface area contributed by atoms with Gasteiger partial charge < -0.3 is 10.3 Å². The number of hydrogen-bond acceptors (Lipinski definition) is 2. The Morgan fingerprint density at radius 3 is 2.93 bits per heavy atom. The van der Waals surface area contributed by atoms with E-state index in [1.165, 1.54) is 12.3 Å². The van der Waals surface area contributed by atoms with Crippen LogP contribution in [0.4, 0.5) is 0 Å². The first-order chi connectivity index (χ1) is 7.15. The van der Waals surface area contributed by atoms with Gasteiger partial charge in [-0.3, -0.25) is 9.59 Å². The van der Waals surface area contributed by atoms with E-state index in [1.54, 1.807) is 6.07 Å². The van der Waals surface area contributed by atoms with Crippen LogP contribution in [-0.2, 0) is 0 Å². The number of amides is 1. The normalized spacial score (nSPS) is 12.1. The van der Waals surface area contributed by atoms with Crippen LogP contribution in [0.3, 0.4) is 0 Å². The molecule has 0 aliphatic carbocycles. The van der Waals surface area contributed by atoms with Crippen molar-refractivity contribution in [3.8, 4) is 0 Å². The van der Waals surface area contributed by atoms with E-state index in [2.05, 4.69) is 17.2 Å². The molecule has 1 heterocycles. The van der Waals surface area contributed by atoms with Crippen LogP contribution >= 0.6 is 0 Å². The van der Waals surface area contributed by atoms with E-state index in [0.29, 0.717) is 0 Å². The predicted octanol–water partition coefficient (Wildman–Crippen LogP) is 1.29. The van der Waals surface area contributed by atoms with E-state index in [1.807, 2.05) is 6.92 Å². The topological polar surface area (TPSA) is 62.0 Å². The predicted molar refractivity (Wildman–Crippen MR) is 58.9 cm³/mol. The molecule has 1 rings (SSSR count). The Kier molecular flexibility index (Phi) is 4.09. The Hall–Kier alpha value is -1.58. The van der Waals surface area contributed by atoms with Crippen molar-refractivity contribution in [3.05, 3.63) is 34.2 Å². The lowest BCUT2D eigenvalue weighted by Gasteiger charge is -2.11. The van der Waals surface area contributed by atoms with Crippen LogP contribution in [0.5, 0.6) is 0 Å². The van der Waals surface area contributed by atoms with Crippen LogP contribution in [0, 0.1) is 0 Å². The van der Waals surface area contributed by atoms with Crippen molar-refractivity contribution in [1.82, 2.24) is 10.3 Å². The smallest absolute Gasteiger partial charge is 0.260 e. The lowest BCUT2D eigenvalue weighted by Crippen LogP contribution is -2.35. The van der Waals surface area contributed by atoms with Crippen molar-refractivity contribution in [2.75, 3.05) is 0 Å². The van der Waals surface area contributed by atoms with Gasteiger partial charge in [0.05, 0.1) is 0 Å². The Labute approximate surface area is 88.7 Å². The van der Waals surface area contributed by atoms with Crippen molar-refractivity contribution in [2.45, 2.75) is 32.7 Å². The first kappa shape index (κ1) is 11.5. The first-order valence-electron chi connectivity index (χ1n) is 5.13. The molecule has 0 saturated heterocycles. The number of carbonyl (C=O) groups is 1. The highest BCUT2D eigenvalue weighted by Crippen LogP contribution is 1.97. The number of nitrogens with one attached hydrogen (secondary N) is 2. The van der Waals surface area contributed by atoms with Crippen molar-refractivity contribution in [1.29, 1.82) is 0 Å². The number of rotatable bonds is 4. The SMILES string of the molecule is CCCC(C)NC(=O)c1ccc[nH]c1=O. The first-order valence-corrected chi connectivity index (χ1v) is 5.13. The lowest BCUT2D eigenvalue weighted by atomic mass is 10.2. The van der Waals surface area contributed by atoms with E-state index in [0.717, 1.165) is 12.8 Å². The average molecular weight is 208 g/mol. The third-order valence-electron chi connectivity index (χ3n) is 2.16. The maximum absolute atomic E-state index is 11.6. The molecule has 0 aliphatic rings. The van der Waals surface area contributed by atoms with Crippen LogP contribution < -0.4 is 10.9 Å². The van der Waals surface area contributed by atoms with Gasteiger partial charge >= 0.3 is 0 Å². The summed E-state index contributed by atoms with van der Waals surface area (Å²) < 4.78 is 0. The molecule has 1 aromatic heterocycles. The molecule has 82 valence electrons. The largest absolute Gasteiger partial charge is 0.349 e. The number of H-pyrrole nitrogens is 1. The quantitative estimate of drug-likeness (QED) is 0.783. The maximum atomic E-state index is 11.6. The fraction of sp³-hybridized carbons (Fsp3) is 0.455. The summed E-state index contributed by atoms with van der Waals surface area (Å²) in [7, 11) is 0. The Morgan fingerprint density at radius 2 is 2.33 bits per heavy atom. The third-order valence-corrected chi connectivity index (χ3v) is 2.16. The minimum Gasteiger partial charge on any atom is -0.349 e. The molecule has 0 saturated carbocycles. The third kappa shape index (κ3) is 3.23. The van der Waals surface area contributed by atoms with Crippen molar-refractivity contribution in [3.63, 3.8) is 0 Å². The molecule has 0 bridgehead atoms. The highest BCUT2D eigenvalue weighted by Gasteiger charge is 2.11. The summed E-state index contributed by atoms with van der Waals surface area (Å²) in [5.74, 6) is -0.308. The number of hydrogen-bond donors (Lipinski definition) is 2. The molecule has 4 nitrogen and oxygen atoms in total. The minimum atomic E-state index is -0.348. The molecule has 15 heavy (non-hydrogen) atoms. The summed E-state index contributed by atoms with van der Waals surface area (Å²) in [6.07, 6.45) is 3.43. The van der Waals surface area contributed by atoms with Gasteiger partial charge in [0, 0.05) is 12.2 Å². The fourth-order valence-corrected chi connectivity index (χ4v) is 1.41. The van der Waals surface area contributed by atoms with Gasteiger partial charge in [0.25, 0.3) is 11.5 Å². The van der Waals surface area contributed by atoms with E-state index >= 15 is 0 Å². The van der Waals surface area contributed by atoms with E-state index in [9.17, 15) is 9.59 Å². The molecule has 1 atom stereocenters. The van der Waals surface area contributed by atoms with Gasteiger partial charge in [-0.15, -0.1) is 0 Å². The molecule has 1 amide bonds. The molecular weight excluding hydrogens is 192 g/mol. The molecule has 0 aliphatic heterocycles. The zero-order chi connectivity index (χ0) is 11.3. The Morgan fingerprint density at radius 1 is 1.60 bits per heavy atom. The minimum absolute atomic E-state index is 0.0992. The van der Waals surface area contributed by atoms with Gasteiger partial charge in [-0.2, -0.15) is 0 Å². The maximum Gasteiger partial charge on any atom is 0.260 e.